The van der Waals surface area contributed by atoms with E-state index in [-0.39, 0.29) is 11.9 Å². The molecule has 4 heteroatoms. The second-order valence-corrected chi connectivity index (χ2v) is 4.60. The molecule has 4 nitrogen and oxygen atoms in total. The number of hydrogen-bond acceptors (Lipinski definition) is 3. The lowest BCUT2D eigenvalue weighted by atomic mass is 10.1. The van der Waals surface area contributed by atoms with E-state index in [0.29, 0.717) is 12.1 Å². The minimum atomic E-state index is 0.0668. The molecule has 0 aliphatic carbocycles. The van der Waals surface area contributed by atoms with E-state index in [9.17, 15) is 4.79 Å². The molecule has 1 amide bonds. The van der Waals surface area contributed by atoms with Crippen LogP contribution >= 0.6 is 0 Å². The van der Waals surface area contributed by atoms with Crippen LogP contribution in [-0.2, 0) is 0 Å². The lowest BCUT2D eigenvalue weighted by Crippen LogP contribution is -2.36. The Balaban J connectivity index is 3.04. The highest BCUT2D eigenvalue weighted by molar-refractivity contribution is 5.95. The highest BCUT2D eigenvalue weighted by atomic mass is 16.2. The van der Waals surface area contributed by atoms with Crippen LogP contribution < -0.4 is 5.32 Å². The van der Waals surface area contributed by atoms with Crippen molar-refractivity contribution in [3.8, 4) is 0 Å². The van der Waals surface area contributed by atoms with Crippen molar-refractivity contribution < 1.29 is 4.79 Å². The van der Waals surface area contributed by atoms with Crippen LogP contribution in [0.2, 0.25) is 0 Å². The maximum absolute atomic E-state index is 12.4. The van der Waals surface area contributed by atoms with E-state index >= 15 is 0 Å². The number of nitrogens with zero attached hydrogens (tertiary/aromatic N) is 2. The van der Waals surface area contributed by atoms with Gasteiger partial charge in [-0.15, -0.1) is 0 Å². The molecular formula is C14H23N3O. The largest absolute Gasteiger partial charge is 0.370 e. The van der Waals surface area contributed by atoms with Crippen molar-refractivity contribution in [3.05, 3.63) is 23.4 Å². The number of nitrogens with one attached hydrogen (secondary N) is 1. The summed E-state index contributed by atoms with van der Waals surface area (Å²) >= 11 is 0. The van der Waals surface area contributed by atoms with Crippen LogP contribution in [0.5, 0.6) is 0 Å². The fourth-order valence-corrected chi connectivity index (χ4v) is 1.97. The molecule has 0 saturated heterocycles. The van der Waals surface area contributed by atoms with E-state index in [1.54, 1.807) is 0 Å². The summed E-state index contributed by atoms with van der Waals surface area (Å²) in [6, 6.07) is 3.87. The van der Waals surface area contributed by atoms with Crippen LogP contribution in [0.25, 0.3) is 0 Å². The van der Waals surface area contributed by atoms with Gasteiger partial charge in [0, 0.05) is 30.4 Å². The zero-order chi connectivity index (χ0) is 13.7. The third-order valence-electron chi connectivity index (χ3n) is 2.78. The molecule has 0 saturated carbocycles. The first kappa shape index (κ1) is 14.5. The molecule has 1 N–H and O–H groups in total. The Morgan fingerprint density at radius 3 is 2.56 bits per heavy atom. The molecular weight excluding hydrogens is 226 g/mol. The lowest BCUT2D eigenvalue weighted by Gasteiger charge is -2.25. The predicted molar refractivity (Wildman–Crippen MR) is 75.0 cm³/mol. The molecule has 0 atom stereocenters. The first-order valence-corrected chi connectivity index (χ1v) is 6.53. The molecule has 0 radical (unpaired) electrons. The average Bonchev–Trinajstić information content (AvgIpc) is 2.28. The highest BCUT2D eigenvalue weighted by Gasteiger charge is 2.17. The molecule has 0 spiro atoms. The van der Waals surface area contributed by atoms with Crippen LogP contribution in [0.1, 0.15) is 43.7 Å². The van der Waals surface area contributed by atoms with Crippen LogP contribution in [0.3, 0.4) is 0 Å². The fraction of sp³-hybridized carbons (Fsp3) is 0.571. The van der Waals surface area contributed by atoms with Gasteiger partial charge in [0.1, 0.15) is 5.82 Å². The summed E-state index contributed by atoms with van der Waals surface area (Å²) in [5, 5.41) is 3.15. The van der Waals surface area contributed by atoms with E-state index in [1.807, 2.05) is 51.7 Å². The maximum atomic E-state index is 12.4. The van der Waals surface area contributed by atoms with Gasteiger partial charge in [0.15, 0.2) is 0 Å². The number of anilines is 1. The van der Waals surface area contributed by atoms with E-state index in [2.05, 4.69) is 10.3 Å². The highest BCUT2D eigenvalue weighted by Crippen LogP contribution is 2.14. The standard InChI is InChI=1S/C14H23N3O/c1-6-15-13-9-12(8-11(5)16-13)14(18)17(7-2)10(3)4/h8-10H,6-7H2,1-5H3,(H,15,16). The molecule has 0 unspecified atom stereocenters. The Morgan fingerprint density at radius 2 is 2.06 bits per heavy atom. The summed E-state index contributed by atoms with van der Waals surface area (Å²) in [4.78, 5) is 18.6. The van der Waals surface area contributed by atoms with Gasteiger partial charge in [-0.25, -0.2) is 4.98 Å². The Morgan fingerprint density at radius 1 is 1.39 bits per heavy atom. The number of carbonyl (C=O) groups excluding carboxylic acids is 1. The Kier molecular flexibility index (Phi) is 5.13. The average molecular weight is 249 g/mol. The van der Waals surface area contributed by atoms with Crippen molar-refractivity contribution in [3.63, 3.8) is 0 Å². The van der Waals surface area contributed by atoms with Gasteiger partial charge < -0.3 is 10.2 Å². The molecule has 0 bridgehead atoms. The van der Waals surface area contributed by atoms with Crippen molar-refractivity contribution >= 4 is 11.7 Å². The number of amides is 1. The SMILES string of the molecule is CCNc1cc(C(=O)N(CC)C(C)C)cc(C)n1. The molecule has 18 heavy (non-hydrogen) atoms. The summed E-state index contributed by atoms with van der Waals surface area (Å²) in [7, 11) is 0. The molecule has 1 aromatic rings. The molecule has 100 valence electrons. The zero-order valence-corrected chi connectivity index (χ0v) is 11.9. The van der Waals surface area contributed by atoms with Gasteiger partial charge in [-0.3, -0.25) is 4.79 Å². The van der Waals surface area contributed by atoms with Crippen LogP contribution in [-0.4, -0.2) is 34.9 Å². The first-order chi connectivity index (χ1) is 8.49. The van der Waals surface area contributed by atoms with Crippen LogP contribution in [0.15, 0.2) is 12.1 Å². The summed E-state index contributed by atoms with van der Waals surface area (Å²) in [6.45, 7) is 11.5. The summed E-state index contributed by atoms with van der Waals surface area (Å²) in [5.41, 5.74) is 1.56. The number of hydrogen-bond donors (Lipinski definition) is 1. The van der Waals surface area contributed by atoms with Crippen LogP contribution in [0, 0.1) is 6.92 Å². The first-order valence-electron chi connectivity index (χ1n) is 6.53. The Bertz CT molecular complexity index is 416. The molecule has 0 aliphatic heterocycles. The number of aryl methyl sites for hydroxylation is 1. The van der Waals surface area contributed by atoms with E-state index < -0.39 is 0 Å². The zero-order valence-electron chi connectivity index (χ0n) is 11.9. The van der Waals surface area contributed by atoms with Gasteiger partial charge >= 0.3 is 0 Å². The minimum absolute atomic E-state index is 0.0668. The quantitative estimate of drug-likeness (QED) is 0.872. The van der Waals surface area contributed by atoms with E-state index in [0.717, 1.165) is 18.1 Å². The lowest BCUT2D eigenvalue weighted by molar-refractivity contribution is 0.0716. The molecule has 0 aromatic carbocycles. The number of pyridine rings is 1. The van der Waals surface area contributed by atoms with E-state index in [1.165, 1.54) is 0 Å². The van der Waals surface area contributed by atoms with Gasteiger partial charge in [-0.2, -0.15) is 0 Å². The third kappa shape index (κ3) is 3.45. The molecule has 0 aliphatic rings. The molecule has 0 fully saturated rings. The molecule has 1 rings (SSSR count). The third-order valence-corrected chi connectivity index (χ3v) is 2.78. The summed E-state index contributed by atoms with van der Waals surface area (Å²) in [6.07, 6.45) is 0. The topological polar surface area (TPSA) is 45.2 Å². The van der Waals surface area contributed by atoms with Gasteiger partial charge in [0.2, 0.25) is 0 Å². The number of carbonyl (C=O) groups is 1. The van der Waals surface area contributed by atoms with Crippen molar-refractivity contribution in [1.82, 2.24) is 9.88 Å². The number of aromatic nitrogens is 1. The smallest absolute Gasteiger partial charge is 0.254 e. The van der Waals surface area contributed by atoms with Crippen molar-refractivity contribution in [2.45, 2.75) is 40.7 Å². The number of rotatable bonds is 5. The van der Waals surface area contributed by atoms with Gasteiger partial charge in [0.05, 0.1) is 0 Å². The Labute approximate surface area is 109 Å². The minimum Gasteiger partial charge on any atom is -0.370 e. The van der Waals surface area contributed by atoms with Crippen molar-refractivity contribution in [1.29, 1.82) is 0 Å². The summed E-state index contributed by atoms with van der Waals surface area (Å²) < 4.78 is 0. The molecule has 1 aromatic heterocycles. The second-order valence-electron chi connectivity index (χ2n) is 4.60. The van der Waals surface area contributed by atoms with Crippen molar-refractivity contribution in [2.75, 3.05) is 18.4 Å². The van der Waals surface area contributed by atoms with Crippen LogP contribution in [0.4, 0.5) is 5.82 Å². The normalized spacial score (nSPS) is 10.6. The Hall–Kier alpha value is -1.58. The van der Waals surface area contributed by atoms with Gasteiger partial charge in [0.25, 0.3) is 5.91 Å². The summed E-state index contributed by atoms with van der Waals surface area (Å²) in [5.74, 6) is 0.831. The van der Waals surface area contributed by atoms with E-state index in [4.69, 9.17) is 0 Å². The van der Waals surface area contributed by atoms with Gasteiger partial charge in [-0.1, -0.05) is 0 Å². The second kappa shape index (κ2) is 6.38. The maximum Gasteiger partial charge on any atom is 0.254 e. The van der Waals surface area contributed by atoms with Gasteiger partial charge in [-0.05, 0) is 46.8 Å². The monoisotopic (exact) mass is 249 g/mol. The molecule has 1 heterocycles. The van der Waals surface area contributed by atoms with Crippen molar-refractivity contribution in [2.24, 2.45) is 0 Å². The predicted octanol–water partition coefficient (Wildman–Crippen LogP) is 2.69. The fourth-order valence-electron chi connectivity index (χ4n) is 1.97.